The maximum atomic E-state index is 12.3. The molecule has 3 nitrogen and oxygen atoms in total. The molecule has 18 heavy (non-hydrogen) atoms. The van der Waals surface area contributed by atoms with Gasteiger partial charge in [0, 0.05) is 5.33 Å². The van der Waals surface area contributed by atoms with Gasteiger partial charge in [-0.1, -0.05) is 35.2 Å². The van der Waals surface area contributed by atoms with Crippen LogP contribution in [0.4, 0.5) is 0 Å². The number of rotatable bonds is 3. The molecule has 0 unspecified atom stereocenters. The second-order valence-corrected chi connectivity index (χ2v) is 5.82. The molecule has 2 rings (SSSR count). The van der Waals surface area contributed by atoms with E-state index in [2.05, 4.69) is 21.2 Å². The summed E-state index contributed by atoms with van der Waals surface area (Å²) in [6.45, 7) is 3.70. The SMILES string of the molecule is Cc1cc(C(=O)NC2(CBr)CCCCC2)c(C)o1. The van der Waals surface area contributed by atoms with Crippen LogP contribution in [0, 0.1) is 13.8 Å². The Hall–Kier alpha value is -0.770. The summed E-state index contributed by atoms with van der Waals surface area (Å²) >= 11 is 3.55. The molecule has 0 saturated heterocycles. The van der Waals surface area contributed by atoms with E-state index >= 15 is 0 Å². The number of furan rings is 1. The van der Waals surface area contributed by atoms with E-state index in [-0.39, 0.29) is 11.4 Å². The molecule has 0 atom stereocenters. The lowest BCUT2D eigenvalue weighted by Crippen LogP contribution is -2.51. The number of carbonyl (C=O) groups is 1. The van der Waals surface area contributed by atoms with Crippen LogP contribution in [-0.2, 0) is 0 Å². The Labute approximate surface area is 116 Å². The lowest BCUT2D eigenvalue weighted by atomic mass is 9.83. The van der Waals surface area contributed by atoms with E-state index in [4.69, 9.17) is 4.42 Å². The molecule has 1 aromatic rings. The molecule has 0 aromatic carbocycles. The monoisotopic (exact) mass is 313 g/mol. The van der Waals surface area contributed by atoms with Crippen LogP contribution in [0.25, 0.3) is 0 Å². The summed E-state index contributed by atoms with van der Waals surface area (Å²) in [7, 11) is 0. The summed E-state index contributed by atoms with van der Waals surface area (Å²) in [5, 5.41) is 4.03. The van der Waals surface area contributed by atoms with Crippen molar-refractivity contribution in [3.8, 4) is 0 Å². The van der Waals surface area contributed by atoms with Crippen LogP contribution in [0.2, 0.25) is 0 Å². The number of nitrogens with one attached hydrogen (secondary N) is 1. The standard InChI is InChI=1S/C14H20BrNO2/c1-10-8-12(11(2)18-10)13(17)16-14(9-15)6-4-3-5-7-14/h8H,3-7,9H2,1-2H3,(H,16,17). The minimum absolute atomic E-state index is 0.00861. The second-order valence-electron chi connectivity index (χ2n) is 5.26. The third-order valence-corrected chi connectivity index (χ3v) is 4.80. The Balaban J connectivity index is 2.12. The molecule has 0 spiro atoms. The van der Waals surface area contributed by atoms with Crippen molar-refractivity contribution in [2.45, 2.75) is 51.5 Å². The first-order valence-corrected chi connectivity index (χ1v) is 7.64. The van der Waals surface area contributed by atoms with E-state index in [1.807, 2.05) is 19.9 Å². The minimum atomic E-state index is -0.0764. The van der Waals surface area contributed by atoms with Crippen LogP contribution in [0.15, 0.2) is 10.5 Å². The molecule has 1 aromatic heterocycles. The van der Waals surface area contributed by atoms with Gasteiger partial charge in [0.1, 0.15) is 11.5 Å². The lowest BCUT2D eigenvalue weighted by molar-refractivity contribution is 0.0885. The highest BCUT2D eigenvalue weighted by atomic mass is 79.9. The van der Waals surface area contributed by atoms with Gasteiger partial charge in [-0.2, -0.15) is 0 Å². The van der Waals surface area contributed by atoms with Gasteiger partial charge >= 0.3 is 0 Å². The van der Waals surface area contributed by atoms with Crippen LogP contribution in [-0.4, -0.2) is 16.8 Å². The molecule has 0 radical (unpaired) electrons. The van der Waals surface area contributed by atoms with Gasteiger partial charge in [-0.05, 0) is 32.8 Å². The maximum Gasteiger partial charge on any atom is 0.255 e. The van der Waals surface area contributed by atoms with Gasteiger partial charge in [0.25, 0.3) is 5.91 Å². The van der Waals surface area contributed by atoms with Gasteiger partial charge in [0.05, 0.1) is 11.1 Å². The lowest BCUT2D eigenvalue weighted by Gasteiger charge is -2.36. The average molecular weight is 314 g/mol. The smallest absolute Gasteiger partial charge is 0.255 e. The van der Waals surface area contributed by atoms with Crippen molar-refractivity contribution in [1.29, 1.82) is 0 Å². The van der Waals surface area contributed by atoms with Gasteiger partial charge in [-0.15, -0.1) is 0 Å². The molecule has 1 fully saturated rings. The Morgan fingerprint density at radius 2 is 2.06 bits per heavy atom. The average Bonchev–Trinajstić information content (AvgIpc) is 2.70. The van der Waals surface area contributed by atoms with Gasteiger partial charge in [-0.25, -0.2) is 0 Å². The number of carbonyl (C=O) groups excluding carboxylic acids is 1. The normalized spacial score (nSPS) is 18.6. The Bertz CT molecular complexity index is 433. The number of amides is 1. The molecule has 1 aliphatic carbocycles. The highest BCUT2D eigenvalue weighted by Gasteiger charge is 2.33. The third kappa shape index (κ3) is 2.79. The molecular formula is C14H20BrNO2. The molecule has 0 aliphatic heterocycles. The van der Waals surface area contributed by atoms with Crippen molar-refractivity contribution in [1.82, 2.24) is 5.32 Å². The van der Waals surface area contributed by atoms with Crippen LogP contribution < -0.4 is 5.32 Å². The van der Waals surface area contributed by atoms with Gasteiger partial charge in [-0.3, -0.25) is 4.79 Å². The van der Waals surface area contributed by atoms with E-state index in [0.717, 1.165) is 23.9 Å². The Kier molecular flexibility index (Phi) is 4.15. The van der Waals surface area contributed by atoms with E-state index in [1.54, 1.807) is 0 Å². The van der Waals surface area contributed by atoms with E-state index in [0.29, 0.717) is 11.3 Å². The molecule has 1 aliphatic rings. The largest absolute Gasteiger partial charge is 0.466 e. The van der Waals surface area contributed by atoms with Crippen LogP contribution in [0.5, 0.6) is 0 Å². The minimum Gasteiger partial charge on any atom is -0.466 e. The predicted octanol–water partition coefficient (Wildman–Crippen LogP) is 3.72. The van der Waals surface area contributed by atoms with Gasteiger partial charge in [0.2, 0.25) is 0 Å². The number of hydrogen-bond acceptors (Lipinski definition) is 2. The Morgan fingerprint density at radius 1 is 1.39 bits per heavy atom. The summed E-state index contributed by atoms with van der Waals surface area (Å²) in [4.78, 5) is 12.3. The zero-order valence-corrected chi connectivity index (χ0v) is 12.6. The number of hydrogen-bond donors (Lipinski definition) is 1. The van der Waals surface area contributed by atoms with Gasteiger partial charge < -0.3 is 9.73 Å². The van der Waals surface area contributed by atoms with Gasteiger partial charge in [0.15, 0.2) is 0 Å². The van der Waals surface area contributed by atoms with Crippen LogP contribution >= 0.6 is 15.9 Å². The summed E-state index contributed by atoms with van der Waals surface area (Å²) in [5.41, 5.74) is 0.589. The predicted molar refractivity (Wildman–Crippen MR) is 75.3 cm³/mol. The summed E-state index contributed by atoms with van der Waals surface area (Å²) < 4.78 is 5.42. The summed E-state index contributed by atoms with van der Waals surface area (Å²) in [6, 6.07) is 1.81. The van der Waals surface area contributed by atoms with Crippen molar-refractivity contribution in [3.63, 3.8) is 0 Å². The first kappa shape index (κ1) is 13.7. The highest BCUT2D eigenvalue weighted by molar-refractivity contribution is 9.09. The molecule has 4 heteroatoms. The number of alkyl halides is 1. The van der Waals surface area contributed by atoms with E-state index in [1.165, 1.54) is 19.3 Å². The molecule has 1 saturated carbocycles. The topological polar surface area (TPSA) is 42.2 Å². The molecule has 0 bridgehead atoms. The van der Waals surface area contributed by atoms with Crippen LogP contribution in [0.3, 0.4) is 0 Å². The number of aryl methyl sites for hydroxylation is 2. The van der Waals surface area contributed by atoms with Crippen molar-refractivity contribution in [3.05, 3.63) is 23.2 Å². The van der Waals surface area contributed by atoms with Crippen molar-refractivity contribution in [2.24, 2.45) is 0 Å². The first-order chi connectivity index (χ1) is 8.56. The van der Waals surface area contributed by atoms with Crippen molar-refractivity contribution in [2.75, 3.05) is 5.33 Å². The maximum absolute atomic E-state index is 12.3. The van der Waals surface area contributed by atoms with Crippen LogP contribution in [0.1, 0.15) is 54.0 Å². The zero-order chi connectivity index (χ0) is 13.2. The molecule has 1 N–H and O–H groups in total. The molecule has 1 heterocycles. The fourth-order valence-electron chi connectivity index (χ4n) is 2.69. The fourth-order valence-corrected chi connectivity index (χ4v) is 3.39. The zero-order valence-electron chi connectivity index (χ0n) is 11.0. The summed E-state index contributed by atoms with van der Waals surface area (Å²) in [6.07, 6.45) is 5.76. The molecular weight excluding hydrogens is 294 g/mol. The number of halogens is 1. The third-order valence-electron chi connectivity index (χ3n) is 3.73. The van der Waals surface area contributed by atoms with E-state index < -0.39 is 0 Å². The van der Waals surface area contributed by atoms with E-state index in [9.17, 15) is 4.79 Å². The first-order valence-electron chi connectivity index (χ1n) is 6.52. The Morgan fingerprint density at radius 3 is 2.56 bits per heavy atom. The second kappa shape index (κ2) is 5.47. The quantitative estimate of drug-likeness (QED) is 0.864. The summed E-state index contributed by atoms with van der Waals surface area (Å²) in [5.74, 6) is 1.48. The van der Waals surface area contributed by atoms with Crippen molar-refractivity contribution >= 4 is 21.8 Å². The fraction of sp³-hybridized carbons (Fsp3) is 0.643. The molecule has 1 amide bonds. The van der Waals surface area contributed by atoms with Crippen molar-refractivity contribution < 1.29 is 9.21 Å². The highest BCUT2D eigenvalue weighted by Crippen LogP contribution is 2.30. The molecule has 100 valence electrons.